The molecule has 1 saturated heterocycles. The van der Waals surface area contributed by atoms with Crippen LogP contribution in [0.2, 0.25) is 0 Å². The number of thiocarbonyl (C=S) groups is 1. The van der Waals surface area contributed by atoms with Crippen molar-refractivity contribution >= 4 is 28.7 Å². The summed E-state index contributed by atoms with van der Waals surface area (Å²) in [5, 5.41) is 9.93. The van der Waals surface area contributed by atoms with Crippen LogP contribution in [0.1, 0.15) is 43.0 Å². The lowest BCUT2D eigenvalue weighted by Crippen LogP contribution is -2.47. The maximum Gasteiger partial charge on any atom is 0.166 e. The molecule has 23 heavy (non-hydrogen) atoms. The van der Waals surface area contributed by atoms with E-state index < -0.39 is 0 Å². The minimum atomic E-state index is 0.380. The number of hydrogen-bond donors (Lipinski definition) is 2. The molecule has 1 aliphatic heterocycles. The smallest absolute Gasteiger partial charge is 0.166 e. The highest BCUT2D eigenvalue weighted by Gasteiger charge is 2.24. The fourth-order valence-electron chi connectivity index (χ4n) is 3.45. The van der Waals surface area contributed by atoms with Crippen LogP contribution in [0.25, 0.3) is 0 Å². The van der Waals surface area contributed by atoms with Gasteiger partial charge >= 0.3 is 0 Å². The molecular formula is C17H27N3OS2. The minimum absolute atomic E-state index is 0.380. The highest BCUT2D eigenvalue weighted by molar-refractivity contribution is 7.80. The van der Waals surface area contributed by atoms with Crippen molar-refractivity contribution < 1.29 is 4.74 Å². The molecule has 1 saturated carbocycles. The Labute approximate surface area is 148 Å². The van der Waals surface area contributed by atoms with Gasteiger partial charge in [0.05, 0.1) is 19.3 Å². The number of rotatable bonds is 5. The number of thiophene rings is 1. The van der Waals surface area contributed by atoms with Gasteiger partial charge in [0.1, 0.15) is 0 Å². The van der Waals surface area contributed by atoms with Crippen molar-refractivity contribution in [3.63, 3.8) is 0 Å². The lowest BCUT2D eigenvalue weighted by molar-refractivity contribution is 0.0177. The monoisotopic (exact) mass is 353 g/mol. The van der Waals surface area contributed by atoms with Gasteiger partial charge in [0.25, 0.3) is 0 Å². The van der Waals surface area contributed by atoms with Crippen LogP contribution >= 0.6 is 23.6 Å². The highest BCUT2D eigenvalue weighted by atomic mass is 32.1. The lowest BCUT2D eigenvalue weighted by Gasteiger charge is -2.34. The second-order valence-electron chi connectivity index (χ2n) is 6.37. The molecule has 1 atom stereocenters. The van der Waals surface area contributed by atoms with E-state index >= 15 is 0 Å². The lowest BCUT2D eigenvalue weighted by atomic mass is 9.96. The van der Waals surface area contributed by atoms with Gasteiger partial charge in [-0.15, -0.1) is 11.3 Å². The molecule has 2 heterocycles. The standard InChI is InChI=1S/C17H27N3OS2/c22-17(19-14-5-2-1-3-6-14)18-13-15(16-7-4-12-23-16)20-8-10-21-11-9-20/h4,7,12,14-15H,1-3,5-6,8-11,13H2,(H2,18,19,22)/t15-/m0/s1. The number of nitrogens with zero attached hydrogens (tertiary/aromatic N) is 1. The van der Waals surface area contributed by atoms with Crippen LogP contribution in [0.3, 0.4) is 0 Å². The summed E-state index contributed by atoms with van der Waals surface area (Å²) in [5.74, 6) is 0. The highest BCUT2D eigenvalue weighted by Crippen LogP contribution is 2.25. The number of morpholine rings is 1. The minimum Gasteiger partial charge on any atom is -0.379 e. The van der Waals surface area contributed by atoms with Crippen molar-refractivity contribution in [3.8, 4) is 0 Å². The fourth-order valence-corrected chi connectivity index (χ4v) is 4.56. The summed E-state index contributed by atoms with van der Waals surface area (Å²) >= 11 is 7.35. The van der Waals surface area contributed by atoms with Crippen molar-refractivity contribution in [1.29, 1.82) is 0 Å². The summed E-state index contributed by atoms with van der Waals surface area (Å²) in [7, 11) is 0. The molecule has 0 amide bonds. The first kappa shape index (κ1) is 17.1. The molecule has 0 aromatic carbocycles. The van der Waals surface area contributed by atoms with Crippen LogP contribution in [0.5, 0.6) is 0 Å². The van der Waals surface area contributed by atoms with Crippen molar-refractivity contribution in [3.05, 3.63) is 22.4 Å². The van der Waals surface area contributed by atoms with Gasteiger partial charge < -0.3 is 15.4 Å². The van der Waals surface area contributed by atoms with E-state index in [0.29, 0.717) is 12.1 Å². The number of nitrogens with one attached hydrogen (secondary N) is 2. The van der Waals surface area contributed by atoms with Gasteiger partial charge in [-0.25, -0.2) is 0 Å². The zero-order valence-electron chi connectivity index (χ0n) is 13.6. The summed E-state index contributed by atoms with van der Waals surface area (Å²) in [6.45, 7) is 4.50. The molecule has 2 aliphatic rings. The molecule has 1 aromatic rings. The third kappa shape index (κ3) is 5.14. The quantitative estimate of drug-likeness (QED) is 0.796. The predicted molar refractivity (Wildman–Crippen MR) is 100 cm³/mol. The van der Waals surface area contributed by atoms with Crippen LogP contribution in [0.4, 0.5) is 0 Å². The summed E-state index contributed by atoms with van der Waals surface area (Å²) in [5.41, 5.74) is 0. The maximum atomic E-state index is 5.52. The predicted octanol–water partition coefficient (Wildman–Crippen LogP) is 2.92. The zero-order valence-corrected chi connectivity index (χ0v) is 15.3. The van der Waals surface area contributed by atoms with Crippen LogP contribution < -0.4 is 10.6 Å². The first-order chi connectivity index (χ1) is 11.3. The fraction of sp³-hybridized carbons (Fsp3) is 0.706. The molecule has 0 radical (unpaired) electrons. The molecule has 1 aliphatic carbocycles. The van der Waals surface area contributed by atoms with Crippen LogP contribution in [0, 0.1) is 0 Å². The molecule has 3 rings (SSSR count). The second kappa shape index (κ2) is 8.97. The Morgan fingerprint density at radius 2 is 2.09 bits per heavy atom. The Morgan fingerprint density at radius 3 is 2.78 bits per heavy atom. The Hall–Kier alpha value is -0.690. The maximum absolute atomic E-state index is 5.52. The van der Waals surface area contributed by atoms with E-state index in [1.807, 2.05) is 11.3 Å². The molecule has 0 unspecified atom stereocenters. The Bertz CT molecular complexity index is 468. The normalized spacial score (nSPS) is 21.7. The number of ether oxygens (including phenoxy) is 1. The van der Waals surface area contributed by atoms with Gasteiger partial charge in [-0.05, 0) is 36.5 Å². The summed E-state index contributed by atoms with van der Waals surface area (Å²) in [4.78, 5) is 3.91. The van der Waals surface area contributed by atoms with E-state index in [1.165, 1.54) is 37.0 Å². The molecule has 0 spiro atoms. The summed E-state index contributed by atoms with van der Waals surface area (Å²) in [6, 6.07) is 5.30. The van der Waals surface area contributed by atoms with Gasteiger partial charge in [0.15, 0.2) is 5.11 Å². The van der Waals surface area contributed by atoms with Crippen LogP contribution in [-0.4, -0.2) is 48.9 Å². The van der Waals surface area contributed by atoms with Crippen LogP contribution in [0.15, 0.2) is 17.5 Å². The van der Waals surface area contributed by atoms with E-state index in [-0.39, 0.29) is 0 Å². The second-order valence-corrected chi connectivity index (χ2v) is 7.76. The average molecular weight is 354 g/mol. The first-order valence-electron chi connectivity index (χ1n) is 8.72. The van der Waals surface area contributed by atoms with E-state index in [4.69, 9.17) is 17.0 Å². The average Bonchev–Trinajstić information content (AvgIpc) is 3.11. The van der Waals surface area contributed by atoms with E-state index in [9.17, 15) is 0 Å². The van der Waals surface area contributed by atoms with Crippen molar-refractivity contribution in [1.82, 2.24) is 15.5 Å². The molecule has 0 bridgehead atoms. The van der Waals surface area contributed by atoms with Gasteiger partial charge in [-0.2, -0.15) is 0 Å². The molecule has 6 heteroatoms. The molecule has 128 valence electrons. The SMILES string of the molecule is S=C(NC[C@@H](c1cccs1)N1CCOCC1)NC1CCCCC1. The van der Waals surface area contributed by atoms with Crippen molar-refractivity contribution in [2.45, 2.75) is 44.2 Å². The molecule has 4 nitrogen and oxygen atoms in total. The summed E-state index contributed by atoms with van der Waals surface area (Å²) in [6.07, 6.45) is 6.52. The van der Waals surface area contributed by atoms with Crippen molar-refractivity contribution in [2.75, 3.05) is 32.8 Å². The Balaban J connectivity index is 1.52. The van der Waals surface area contributed by atoms with E-state index in [1.54, 1.807) is 0 Å². The Kier molecular flexibility index (Phi) is 6.68. The van der Waals surface area contributed by atoms with Gasteiger partial charge in [-0.1, -0.05) is 25.3 Å². The zero-order chi connectivity index (χ0) is 15.9. The third-order valence-electron chi connectivity index (χ3n) is 4.75. The largest absolute Gasteiger partial charge is 0.379 e. The first-order valence-corrected chi connectivity index (χ1v) is 10.0. The third-order valence-corrected chi connectivity index (χ3v) is 5.99. The molecule has 1 aromatic heterocycles. The van der Waals surface area contributed by atoms with E-state index in [2.05, 4.69) is 33.0 Å². The van der Waals surface area contributed by atoms with Crippen LogP contribution in [-0.2, 0) is 4.74 Å². The van der Waals surface area contributed by atoms with Gasteiger partial charge in [0.2, 0.25) is 0 Å². The van der Waals surface area contributed by atoms with Gasteiger partial charge in [0, 0.05) is 30.6 Å². The van der Waals surface area contributed by atoms with Crippen molar-refractivity contribution in [2.24, 2.45) is 0 Å². The number of hydrogen-bond acceptors (Lipinski definition) is 4. The Morgan fingerprint density at radius 1 is 1.30 bits per heavy atom. The topological polar surface area (TPSA) is 36.5 Å². The van der Waals surface area contributed by atoms with Gasteiger partial charge in [-0.3, -0.25) is 4.90 Å². The van der Waals surface area contributed by atoms with E-state index in [0.717, 1.165) is 38.0 Å². The molecular weight excluding hydrogens is 326 g/mol. The molecule has 2 fully saturated rings. The molecule has 2 N–H and O–H groups in total. The summed E-state index contributed by atoms with van der Waals surface area (Å²) < 4.78 is 5.50.